The van der Waals surface area contributed by atoms with E-state index in [2.05, 4.69) is 27.2 Å². The molecule has 0 radical (unpaired) electrons. The van der Waals surface area contributed by atoms with Crippen molar-refractivity contribution in [2.45, 2.75) is 0 Å². The number of carbonyl (C=O) groups is 2. The van der Waals surface area contributed by atoms with Crippen molar-refractivity contribution < 1.29 is 15.1 Å². The number of piperazine rings is 1. The van der Waals surface area contributed by atoms with Crippen LogP contribution >= 0.6 is 24.8 Å². The molecule has 2 amide bonds. The van der Waals surface area contributed by atoms with Gasteiger partial charge < -0.3 is 15.7 Å². The first-order chi connectivity index (χ1) is 12.6. The van der Waals surface area contributed by atoms with Gasteiger partial charge in [0.15, 0.2) is 5.84 Å². The number of likely N-dealkylation sites (N-methyl/N-ethyl adjacent to an activating group) is 1. The summed E-state index contributed by atoms with van der Waals surface area (Å²) in [5.74, 6) is 0.195. The average Bonchev–Trinajstić information content (AvgIpc) is 2.79. The van der Waals surface area contributed by atoms with Crippen LogP contribution in [0.2, 0.25) is 0 Å². The Labute approximate surface area is 182 Å². The molecule has 10 heteroatoms. The molecular weight excluding hydrogens is 417 g/mol. The molecule has 0 aromatic heterocycles. The maximum absolute atomic E-state index is 12.9. The molecule has 1 aromatic carbocycles. The van der Waals surface area contributed by atoms with Crippen LogP contribution in [0.3, 0.4) is 0 Å². The molecule has 0 spiro atoms. The van der Waals surface area contributed by atoms with Crippen molar-refractivity contribution in [2.75, 3.05) is 39.8 Å². The summed E-state index contributed by atoms with van der Waals surface area (Å²) >= 11 is 0. The van der Waals surface area contributed by atoms with Crippen molar-refractivity contribution in [3.05, 3.63) is 53.9 Å². The van der Waals surface area contributed by atoms with Gasteiger partial charge in [0.2, 0.25) is 5.91 Å². The number of halogens is 2. The second-order valence-corrected chi connectivity index (χ2v) is 6.67. The summed E-state index contributed by atoms with van der Waals surface area (Å²) in [6, 6.07) is 7.15. The average molecular weight is 442 g/mol. The van der Waals surface area contributed by atoms with Gasteiger partial charge in [-0.05, 0) is 31.3 Å². The molecule has 29 heavy (non-hydrogen) atoms. The SMILES string of the molecule is CN1CCN(CC(=O)N2C=CC=C3NC(=O)c4ccccc4N=C32)CC1.Cl.Cl.O. The number of amides is 2. The minimum absolute atomic E-state index is 0. The van der Waals surface area contributed by atoms with E-state index in [0.717, 1.165) is 26.2 Å². The Bertz CT molecular complexity index is 848. The Morgan fingerprint density at radius 2 is 1.83 bits per heavy atom. The molecule has 0 atom stereocenters. The number of aliphatic imine (C=N–C) groups is 1. The second kappa shape index (κ2) is 10.5. The number of fused-ring (bicyclic) bond motifs is 2. The van der Waals surface area contributed by atoms with Gasteiger partial charge in [-0.2, -0.15) is 0 Å². The minimum atomic E-state index is -0.215. The van der Waals surface area contributed by atoms with Gasteiger partial charge in [-0.3, -0.25) is 19.4 Å². The van der Waals surface area contributed by atoms with E-state index in [0.29, 0.717) is 29.3 Å². The van der Waals surface area contributed by atoms with E-state index in [1.807, 2.05) is 6.07 Å². The summed E-state index contributed by atoms with van der Waals surface area (Å²) in [4.78, 5) is 35.9. The Balaban J connectivity index is 0.00000140. The summed E-state index contributed by atoms with van der Waals surface area (Å²) < 4.78 is 0. The van der Waals surface area contributed by atoms with E-state index >= 15 is 0 Å². The Hall–Kier alpha value is -2.23. The molecule has 1 saturated heterocycles. The lowest BCUT2D eigenvalue weighted by atomic mass is 10.2. The number of para-hydroxylation sites is 1. The van der Waals surface area contributed by atoms with Gasteiger partial charge in [-0.15, -0.1) is 24.8 Å². The fourth-order valence-electron chi connectivity index (χ4n) is 3.25. The van der Waals surface area contributed by atoms with Gasteiger partial charge in [0, 0.05) is 32.4 Å². The molecule has 4 rings (SSSR count). The summed E-state index contributed by atoms with van der Waals surface area (Å²) in [6.45, 7) is 3.99. The molecule has 158 valence electrons. The summed E-state index contributed by atoms with van der Waals surface area (Å²) in [5, 5.41) is 2.86. The molecule has 0 aliphatic carbocycles. The molecule has 0 saturated carbocycles. The number of carbonyl (C=O) groups excluding carboxylic acids is 2. The summed E-state index contributed by atoms with van der Waals surface area (Å²) in [5.41, 5.74) is 1.61. The third kappa shape index (κ3) is 5.23. The topological polar surface area (TPSA) is 99.8 Å². The monoisotopic (exact) mass is 441 g/mol. The first kappa shape index (κ1) is 24.8. The third-order valence-electron chi connectivity index (χ3n) is 4.81. The number of allylic oxidation sites excluding steroid dienone is 2. The Morgan fingerprint density at radius 1 is 1.14 bits per heavy atom. The fourth-order valence-corrected chi connectivity index (χ4v) is 3.25. The standard InChI is InChI=1S/C19H21N5O2.2ClH.H2O/c1-22-9-11-23(12-10-22)13-17(25)24-8-4-7-16-18(24)20-15-6-3-2-5-14(15)19(26)21-16;;;/h2-8H,9-13H2,1H3,(H,21,26);2*1H;1H2. The lowest BCUT2D eigenvalue weighted by Crippen LogP contribution is -2.49. The van der Waals surface area contributed by atoms with Crippen molar-refractivity contribution in [3.63, 3.8) is 0 Å². The third-order valence-corrected chi connectivity index (χ3v) is 4.81. The zero-order valence-electron chi connectivity index (χ0n) is 16.0. The molecule has 1 fully saturated rings. The van der Waals surface area contributed by atoms with E-state index in [-0.39, 0.29) is 42.1 Å². The first-order valence-corrected chi connectivity index (χ1v) is 8.73. The molecular formula is C19H25Cl2N5O3. The predicted molar refractivity (Wildman–Crippen MR) is 117 cm³/mol. The Kier molecular flexibility index (Phi) is 9.00. The molecule has 0 unspecified atom stereocenters. The lowest BCUT2D eigenvalue weighted by molar-refractivity contribution is -0.127. The highest BCUT2D eigenvalue weighted by Crippen LogP contribution is 2.25. The van der Waals surface area contributed by atoms with E-state index in [1.54, 1.807) is 36.6 Å². The summed E-state index contributed by atoms with van der Waals surface area (Å²) in [7, 11) is 2.09. The Morgan fingerprint density at radius 3 is 2.55 bits per heavy atom. The highest BCUT2D eigenvalue weighted by atomic mass is 35.5. The quantitative estimate of drug-likeness (QED) is 0.738. The highest BCUT2D eigenvalue weighted by Gasteiger charge is 2.29. The molecule has 1 aromatic rings. The van der Waals surface area contributed by atoms with Gasteiger partial charge in [0.05, 0.1) is 23.5 Å². The van der Waals surface area contributed by atoms with Crippen LogP contribution in [-0.4, -0.2) is 77.6 Å². The maximum Gasteiger partial charge on any atom is 0.257 e. The lowest BCUT2D eigenvalue weighted by Gasteiger charge is -2.33. The zero-order valence-corrected chi connectivity index (χ0v) is 17.6. The van der Waals surface area contributed by atoms with Crippen molar-refractivity contribution >= 4 is 48.2 Å². The van der Waals surface area contributed by atoms with Gasteiger partial charge in [-0.25, -0.2) is 4.99 Å². The number of benzene rings is 1. The number of hydrogen-bond acceptors (Lipinski definition) is 5. The first-order valence-electron chi connectivity index (χ1n) is 8.73. The molecule has 3 N–H and O–H groups in total. The number of hydrogen-bond donors (Lipinski definition) is 1. The van der Waals surface area contributed by atoms with Crippen LogP contribution in [0.4, 0.5) is 5.69 Å². The van der Waals surface area contributed by atoms with Crippen LogP contribution in [0.1, 0.15) is 10.4 Å². The van der Waals surface area contributed by atoms with Gasteiger partial charge in [0.25, 0.3) is 5.91 Å². The van der Waals surface area contributed by atoms with Crippen molar-refractivity contribution in [1.82, 2.24) is 20.0 Å². The molecule has 3 aliphatic rings. The van der Waals surface area contributed by atoms with Gasteiger partial charge >= 0.3 is 0 Å². The van der Waals surface area contributed by atoms with Crippen molar-refractivity contribution in [3.8, 4) is 0 Å². The molecule has 8 nitrogen and oxygen atoms in total. The smallest absolute Gasteiger partial charge is 0.257 e. The second-order valence-electron chi connectivity index (χ2n) is 6.67. The van der Waals surface area contributed by atoms with Crippen LogP contribution in [0.25, 0.3) is 0 Å². The summed E-state index contributed by atoms with van der Waals surface area (Å²) in [6.07, 6.45) is 5.23. The van der Waals surface area contributed by atoms with Gasteiger partial charge in [-0.1, -0.05) is 12.1 Å². The number of rotatable bonds is 2. The van der Waals surface area contributed by atoms with Crippen LogP contribution in [-0.2, 0) is 4.79 Å². The van der Waals surface area contributed by atoms with E-state index < -0.39 is 0 Å². The van der Waals surface area contributed by atoms with Crippen molar-refractivity contribution in [1.29, 1.82) is 0 Å². The van der Waals surface area contributed by atoms with Crippen LogP contribution in [0, 0.1) is 0 Å². The van der Waals surface area contributed by atoms with E-state index in [4.69, 9.17) is 0 Å². The van der Waals surface area contributed by atoms with Crippen LogP contribution in [0.15, 0.2) is 53.3 Å². The van der Waals surface area contributed by atoms with E-state index in [9.17, 15) is 9.59 Å². The van der Waals surface area contributed by atoms with Crippen molar-refractivity contribution in [2.24, 2.45) is 4.99 Å². The minimum Gasteiger partial charge on any atom is -0.412 e. The maximum atomic E-state index is 12.9. The number of amidine groups is 1. The zero-order chi connectivity index (χ0) is 18.1. The number of nitrogens with zero attached hydrogens (tertiary/aromatic N) is 4. The molecule has 3 aliphatic heterocycles. The normalized spacial score (nSPS) is 18.4. The van der Waals surface area contributed by atoms with Crippen LogP contribution < -0.4 is 5.32 Å². The molecule has 0 bridgehead atoms. The number of nitrogens with one attached hydrogen (secondary N) is 1. The van der Waals surface area contributed by atoms with Crippen LogP contribution in [0.5, 0.6) is 0 Å². The highest BCUT2D eigenvalue weighted by molar-refractivity contribution is 6.16. The fraction of sp³-hybridized carbons (Fsp3) is 0.316. The van der Waals surface area contributed by atoms with E-state index in [1.165, 1.54) is 4.90 Å². The van der Waals surface area contributed by atoms with Gasteiger partial charge in [0.1, 0.15) is 0 Å². The molecule has 3 heterocycles. The largest absolute Gasteiger partial charge is 0.412 e. The predicted octanol–water partition coefficient (Wildman–Crippen LogP) is 0.966.